The van der Waals surface area contributed by atoms with Crippen molar-refractivity contribution in [1.82, 2.24) is 0 Å². The third-order valence-electron chi connectivity index (χ3n) is 2.47. The largest absolute Gasteiger partial charge is 0.472 e. The third-order valence-corrected chi connectivity index (χ3v) is 4.50. The number of ether oxygens (including phenoxy) is 1. The zero-order valence-electron chi connectivity index (χ0n) is 13.7. The lowest BCUT2D eigenvalue weighted by Crippen LogP contribution is -2.09. The third kappa shape index (κ3) is 15.4. The van der Waals surface area contributed by atoms with Crippen molar-refractivity contribution in [3.8, 4) is 0 Å². The maximum absolute atomic E-state index is 11.4. The molecule has 23 heavy (non-hydrogen) atoms. The molecule has 0 saturated heterocycles. The summed E-state index contributed by atoms with van der Waals surface area (Å²) < 4.78 is 46.6. The predicted molar refractivity (Wildman–Crippen MR) is 84.1 cm³/mol. The second kappa shape index (κ2) is 13.5. The van der Waals surface area contributed by atoms with Crippen molar-refractivity contribution in [2.75, 3.05) is 39.6 Å². The molecule has 0 aromatic carbocycles. The maximum atomic E-state index is 11.4. The highest BCUT2D eigenvalue weighted by Gasteiger charge is 2.21. The van der Waals surface area contributed by atoms with Gasteiger partial charge in [-0.1, -0.05) is 26.7 Å². The van der Waals surface area contributed by atoms with E-state index in [-0.39, 0.29) is 39.6 Å². The molecule has 140 valence electrons. The number of unbranched alkanes of at least 4 members (excludes halogenated alkanes) is 2. The summed E-state index contributed by atoms with van der Waals surface area (Å²) in [6.07, 6.45) is 3.03. The molecule has 2 unspecified atom stereocenters. The van der Waals surface area contributed by atoms with Crippen LogP contribution in [-0.4, -0.2) is 49.4 Å². The van der Waals surface area contributed by atoms with Gasteiger partial charge in [-0.25, -0.2) is 9.13 Å². The van der Waals surface area contributed by atoms with Gasteiger partial charge < -0.3 is 14.5 Å². The van der Waals surface area contributed by atoms with Gasteiger partial charge >= 0.3 is 15.6 Å². The minimum absolute atomic E-state index is 0.0253. The van der Waals surface area contributed by atoms with Crippen LogP contribution in [0.3, 0.4) is 0 Å². The fourth-order valence-corrected chi connectivity index (χ4v) is 2.73. The second-order valence-corrected chi connectivity index (χ2v) is 7.50. The lowest BCUT2D eigenvalue weighted by molar-refractivity contribution is 0.0507. The van der Waals surface area contributed by atoms with Gasteiger partial charge in [-0.05, 0) is 12.8 Å². The van der Waals surface area contributed by atoms with Crippen LogP contribution in [0.5, 0.6) is 0 Å². The van der Waals surface area contributed by atoms with Crippen LogP contribution < -0.4 is 0 Å². The highest BCUT2D eigenvalue weighted by atomic mass is 31.2. The van der Waals surface area contributed by atoms with Gasteiger partial charge in [0, 0.05) is 0 Å². The van der Waals surface area contributed by atoms with E-state index in [0.717, 1.165) is 12.8 Å². The van der Waals surface area contributed by atoms with Gasteiger partial charge in [0.05, 0.1) is 39.6 Å². The molecular weight excluding hydrogens is 350 g/mol. The summed E-state index contributed by atoms with van der Waals surface area (Å²) in [6.45, 7) is 3.96. The molecule has 0 aliphatic heterocycles. The van der Waals surface area contributed by atoms with E-state index in [1.807, 2.05) is 13.8 Å². The van der Waals surface area contributed by atoms with Gasteiger partial charge in [-0.3, -0.25) is 18.1 Å². The number of rotatable bonds is 16. The van der Waals surface area contributed by atoms with E-state index < -0.39 is 15.6 Å². The Labute approximate surface area is 137 Å². The van der Waals surface area contributed by atoms with E-state index in [4.69, 9.17) is 13.8 Å². The molecule has 2 atom stereocenters. The predicted octanol–water partition coefficient (Wildman–Crippen LogP) is 2.87. The number of hydrogen-bond donors (Lipinski definition) is 2. The zero-order chi connectivity index (χ0) is 17.6. The van der Waals surface area contributed by atoms with Gasteiger partial charge in [0.15, 0.2) is 0 Å². The first-order chi connectivity index (χ1) is 10.8. The Balaban J connectivity index is 3.58. The van der Waals surface area contributed by atoms with E-state index in [9.17, 15) is 18.9 Å². The molecule has 0 bridgehead atoms. The van der Waals surface area contributed by atoms with E-state index >= 15 is 0 Å². The minimum Gasteiger partial charge on any atom is -0.377 e. The SMILES string of the molecule is CCCCOP(=O)(O)OCCOCCOP(=O)(O)OCCCC. The van der Waals surface area contributed by atoms with Crippen LogP contribution in [0.1, 0.15) is 39.5 Å². The Morgan fingerprint density at radius 3 is 1.35 bits per heavy atom. The van der Waals surface area contributed by atoms with Crippen LogP contribution >= 0.6 is 15.6 Å². The molecule has 0 aromatic rings. The van der Waals surface area contributed by atoms with E-state index in [2.05, 4.69) is 9.05 Å². The number of hydrogen-bond acceptors (Lipinski definition) is 7. The fourth-order valence-electron chi connectivity index (χ4n) is 1.25. The lowest BCUT2D eigenvalue weighted by Gasteiger charge is -2.13. The second-order valence-electron chi connectivity index (χ2n) is 4.59. The van der Waals surface area contributed by atoms with Crippen LogP contribution in [-0.2, 0) is 32.0 Å². The smallest absolute Gasteiger partial charge is 0.377 e. The Morgan fingerprint density at radius 2 is 1.00 bits per heavy atom. The first-order valence-electron chi connectivity index (χ1n) is 7.64. The van der Waals surface area contributed by atoms with Crippen LogP contribution in [0.4, 0.5) is 0 Å². The first kappa shape index (κ1) is 23.2. The Morgan fingerprint density at radius 1 is 0.652 bits per heavy atom. The van der Waals surface area contributed by atoms with Gasteiger partial charge in [0.1, 0.15) is 0 Å². The molecule has 0 aliphatic carbocycles. The summed E-state index contributed by atoms with van der Waals surface area (Å²) in [6, 6.07) is 0. The van der Waals surface area contributed by atoms with E-state index in [1.165, 1.54) is 0 Å². The van der Waals surface area contributed by atoms with E-state index in [0.29, 0.717) is 12.8 Å². The summed E-state index contributed by atoms with van der Waals surface area (Å²) in [4.78, 5) is 18.6. The van der Waals surface area contributed by atoms with Crippen molar-refractivity contribution < 1.29 is 41.7 Å². The number of phosphoric acid groups is 2. The number of phosphoric ester groups is 2. The van der Waals surface area contributed by atoms with Crippen molar-refractivity contribution in [3.63, 3.8) is 0 Å². The summed E-state index contributed by atoms with van der Waals surface area (Å²) in [7, 11) is -8.07. The molecule has 0 saturated carbocycles. The molecular formula is C12H28O9P2. The molecule has 0 amide bonds. The molecule has 0 radical (unpaired) electrons. The van der Waals surface area contributed by atoms with Crippen LogP contribution in [0, 0.1) is 0 Å². The van der Waals surface area contributed by atoms with Crippen molar-refractivity contribution in [3.05, 3.63) is 0 Å². The average molecular weight is 378 g/mol. The molecule has 2 N–H and O–H groups in total. The van der Waals surface area contributed by atoms with Gasteiger partial charge in [-0.2, -0.15) is 0 Å². The van der Waals surface area contributed by atoms with Gasteiger partial charge in [0.25, 0.3) is 0 Å². The summed E-state index contributed by atoms with van der Waals surface area (Å²) >= 11 is 0. The normalized spacial score (nSPS) is 16.9. The molecule has 9 nitrogen and oxygen atoms in total. The maximum Gasteiger partial charge on any atom is 0.472 e. The van der Waals surface area contributed by atoms with Crippen molar-refractivity contribution >= 4 is 15.6 Å². The van der Waals surface area contributed by atoms with Crippen molar-refractivity contribution in [1.29, 1.82) is 0 Å². The monoisotopic (exact) mass is 378 g/mol. The van der Waals surface area contributed by atoms with E-state index in [1.54, 1.807) is 0 Å². The van der Waals surface area contributed by atoms with Gasteiger partial charge in [0.2, 0.25) is 0 Å². The zero-order valence-corrected chi connectivity index (χ0v) is 15.5. The topological polar surface area (TPSA) is 121 Å². The Bertz CT molecular complexity index is 344. The molecule has 0 spiro atoms. The Kier molecular flexibility index (Phi) is 13.6. The fraction of sp³-hybridized carbons (Fsp3) is 1.00. The molecule has 0 aromatic heterocycles. The van der Waals surface area contributed by atoms with Crippen molar-refractivity contribution in [2.45, 2.75) is 39.5 Å². The summed E-state index contributed by atoms with van der Waals surface area (Å²) in [5.41, 5.74) is 0. The van der Waals surface area contributed by atoms with Crippen LogP contribution in [0.2, 0.25) is 0 Å². The minimum atomic E-state index is -4.04. The molecule has 11 heteroatoms. The van der Waals surface area contributed by atoms with Crippen molar-refractivity contribution in [2.24, 2.45) is 0 Å². The summed E-state index contributed by atoms with van der Waals surface area (Å²) in [5.74, 6) is 0. The lowest BCUT2D eigenvalue weighted by atomic mass is 10.4. The highest BCUT2D eigenvalue weighted by molar-refractivity contribution is 7.47. The van der Waals surface area contributed by atoms with Gasteiger partial charge in [-0.15, -0.1) is 0 Å². The quantitative estimate of drug-likeness (QED) is 0.308. The highest BCUT2D eigenvalue weighted by Crippen LogP contribution is 2.43. The summed E-state index contributed by atoms with van der Waals surface area (Å²) in [5, 5.41) is 0. The molecule has 0 fully saturated rings. The standard InChI is InChI=1S/C12H28O9P2/c1-3-5-7-18-22(13,14)20-11-9-17-10-12-21-23(15,16)19-8-6-4-2/h3-12H2,1-2H3,(H,13,14)(H,15,16). The van der Waals surface area contributed by atoms with Crippen LogP contribution in [0.15, 0.2) is 0 Å². The molecule has 0 heterocycles. The van der Waals surface area contributed by atoms with Crippen LogP contribution in [0.25, 0.3) is 0 Å². The first-order valence-corrected chi connectivity index (χ1v) is 10.6. The Hall–Kier alpha value is 0.180. The molecule has 0 rings (SSSR count). The molecule has 0 aliphatic rings. The average Bonchev–Trinajstić information content (AvgIpc) is 2.46.